The average molecular weight is 232 g/mol. The molecule has 6 nitrogen and oxygen atoms in total. The molecule has 17 heavy (non-hydrogen) atoms. The summed E-state index contributed by atoms with van der Waals surface area (Å²) in [6.45, 7) is 0.212. The Morgan fingerprint density at radius 1 is 1.24 bits per heavy atom. The molecule has 6 heteroatoms. The Morgan fingerprint density at radius 3 is 2.82 bits per heavy atom. The first-order valence-corrected chi connectivity index (χ1v) is 4.90. The van der Waals surface area contributed by atoms with Gasteiger partial charge < -0.3 is 19.7 Å². The zero-order valence-electron chi connectivity index (χ0n) is 8.67. The summed E-state index contributed by atoms with van der Waals surface area (Å²) < 4.78 is 15.2. The molecule has 1 aliphatic heterocycles. The van der Waals surface area contributed by atoms with Crippen LogP contribution in [-0.4, -0.2) is 17.9 Å². The number of nitrogens with zero attached hydrogens (tertiary/aromatic N) is 1. The highest BCUT2D eigenvalue weighted by molar-refractivity contribution is 5.90. The fraction of sp³-hybridized carbons (Fsp3) is 0.0909. The van der Waals surface area contributed by atoms with E-state index in [1.54, 1.807) is 18.2 Å². The van der Waals surface area contributed by atoms with Gasteiger partial charge in [0.15, 0.2) is 11.5 Å². The van der Waals surface area contributed by atoms with Crippen LogP contribution < -0.4 is 15.2 Å². The van der Waals surface area contributed by atoms with Crippen LogP contribution in [0.15, 0.2) is 28.8 Å². The van der Waals surface area contributed by atoms with Crippen molar-refractivity contribution in [3.05, 3.63) is 30.0 Å². The van der Waals surface area contributed by atoms with E-state index in [1.807, 2.05) is 0 Å². The Labute approximate surface area is 95.9 Å². The van der Waals surface area contributed by atoms with E-state index in [0.717, 1.165) is 5.56 Å². The summed E-state index contributed by atoms with van der Waals surface area (Å²) in [5, 5.41) is 3.76. The van der Waals surface area contributed by atoms with Gasteiger partial charge in [0.05, 0.1) is 0 Å². The fourth-order valence-electron chi connectivity index (χ4n) is 1.58. The predicted molar refractivity (Wildman–Crippen MR) is 56.6 cm³/mol. The van der Waals surface area contributed by atoms with Gasteiger partial charge in [0.2, 0.25) is 12.6 Å². The molecule has 0 saturated carbocycles. The van der Waals surface area contributed by atoms with Crippen molar-refractivity contribution in [2.75, 3.05) is 6.79 Å². The van der Waals surface area contributed by atoms with Gasteiger partial charge in [-0.1, -0.05) is 5.16 Å². The Hall–Kier alpha value is -2.50. The van der Waals surface area contributed by atoms with Gasteiger partial charge in [-0.2, -0.15) is 0 Å². The van der Waals surface area contributed by atoms with Gasteiger partial charge in [0.1, 0.15) is 5.69 Å². The second-order valence-electron chi connectivity index (χ2n) is 3.51. The first-order chi connectivity index (χ1) is 8.24. The zero-order valence-corrected chi connectivity index (χ0v) is 8.67. The lowest BCUT2D eigenvalue weighted by Gasteiger charge is -1.98. The minimum Gasteiger partial charge on any atom is -0.454 e. The molecule has 2 heterocycles. The van der Waals surface area contributed by atoms with E-state index < -0.39 is 5.91 Å². The third-order valence-corrected chi connectivity index (χ3v) is 2.42. The van der Waals surface area contributed by atoms with Gasteiger partial charge in [0, 0.05) is 11.6 Å². The van der Waals surface area contributed by atoms with Crippen LogP contribution in [0.1, 0.15) is 10.6 Å². The molecule has 0 fully saturated rings. The van der Waals surface area contributed by atoms with Crippen molar-refractivity contribution < 1.29 is 18.8 Å². The lowest BCUT2D eigenvalue weighted by atomic mass is 10.1. The Kier molecular flexibility index (Phi) is 2.01. The van der Waals surface area contributed by atoms with Crippen molar-refractivity contribution in [1.29, 1.82) is 0 Å². The minimum absolute atomic E-state index is 0.0256. The monoisotopic (exact) mass is 232 g/mol. The van der Waals surface area contributed by atoms with Gasteiger partial charge in [-0.15, -0.1) is 0 Å². The number of amides is 1. The van der Waals surface area contributed by atoms with E-state index in [0.29, 0.717) is 17.2 Å². The van der Waals surface area contributed by atoms with Gasteiger partial charge in [-0.05, 0) is 18.2 Å². The summed E-state index contributed by atoms with van der Waals surface area (Å²) in [4.78, 5) is 10.9. The number of primary amides is 1. The van der Waals surface area contributed by atoms with Crippen molar-refractivity contribution >= 4 is 5.91 Å². The number of ether oxygens (including phenoxy) is 2. The van der Waals surface area contributed by atoms with Crippen LogP contribution in [0.3, 0.4) is 0 Å². The SMILES string of the molecule is NC(=O)c1cc(-c2ccc3c(c2)OCO3)no1. The van der Waals surface area contributed by atoms with Crippen LogP contribution in [0.25, 0.3) is 11.3 Å². The van der Waals surface area contributed by atoms with Crippen LogP contribution in [0.5, 0.6) is 11.5 Å². The van der Waals surface area contributed by atoms with Crippen molar-refractivity contribution in [2.45, 2.75) is 0 Å². The number of rotatable bonds is 2. The molecule has 1 aromatic heterocycles. The van der Waals surface area contributed by atoms with E-state index in [4.69, 9.17) is 19.7 Å². The molecule has 0 radical (unpaired) electrons. The highest BCUT2D eigenvalue weighted by Crippen LogP contribution is 2.35. The van der Waals surface area contributed by atoms with Crippen molar-refractivity contribution in [3.8, 4) is 22.8 Å². The molecule has 0 spiro atoms. The summed E-state index contributed by atoms with van der Waals surface area (Å²) in [5.74, 6) is 0.709. The molecule has 2 N–H and O–H groups in total. The topological polar surface area (TPSA) is 87.6 Å². The maximum atomic E-state index is 10.9. The van der Waals surface area contributed by atoms with Crippen molar-refractivity contribution in [1.82, 2.24) is 5.16 Å². The molecule has 0 unspecified atom stereocenters. The maximum absolute atomic E-state index is 10.9. The van der Waals surface area contributed by atoms with Crippen LogP contribution in [-0.2, 0) is 0 Å². The van der Waals surface area contributed by atoms with Gasteiger partial charge in [-0.3, -0.25) is 4.79 Å². The van der Waals surface area contributed by atoms with E-state index in [-0.39, 0.29) is 12.6 Å². The smallest absolute Gasteiger partial charge is 0.287 e. The molecule has 0 bridgehead atoms. The van der Waals surface area contributed by atoms with Crippen LogP contribution in [0.4, 0.5) is 0 Å². The number of aromatic nitrogens is 1. The molecular formula is C11H8N2O4. The number of nitrogens with two attached hydrogens (primary N) is 1. The molecular weight excluding hydrogens is 224 g/mol. The number of hydrogen-bond acceptors (Lipinski definition) is 5. The Balaban J connectivity index is 2.00. The van der Waals surface area contributed by atoms with E-state index in [1.165, 1.54) is 6.07 Å². The number of benzene rings is 1. The normalized spacial score (nSPS) is 12.7. The number of carbonyl (C=O) groups is 1. The van der Waals surface area contributed by atoms with Crippen LogP contribution >= 0.6 is 0 Å². The predicted octanol–water partition coefficient (Wildman–Crippen LogP) is 1.17. The van der Waals surface area contributed by atoms with Gasteiger partial charge in [0.25, 0.3) is 5.91 Å². The molecule has 1 aromatic carbocycles. The zero-order chi connectivity index (χ0) is 11.8. The third-order valence-electron chi connectivity index (χ3n) is 2.42. The first-order valence-electron chi connectivity index (χ1n) is 4.90. The summed E-state index contributed by atoms with van der Waals surface area (Å²) in [5.41, 5.74) is 6.37. The molecule has 86 valence electrons. The molecule has 2 aromatic rings. The molecule has 0 atom stereocenters. The lowest BCUT2D eigenvalue weighted by molar-refractivity contribution is 0.0965. The Morgan fingerprint density at radius 2 is 2.06 bits per heavy atom. The van der Waals surface area contributed by atoms with Gasteiger partial charge in [-0.25, -0.2) is 0 Å². The highest BCUT2D eigenvalue weighted by atomic mass is 16.7. The van der Waals surface area contributed by atoms with Crippen molar-refractivity contribution in [3.63, 3.8) is 0 Å². The number of carbonyl (C=O) groups excluding carboxylic acids is 1. The quantitative estimate of drug-likeness (QED) is 0.839. The standard InChI is InChI=1S/C11H8N2O4/c12-11(14)10-4-7(13-17-10)6-1-2-8-9(3-6)16-5-15-8/h1-4H,5H2,(H2,12,14). The molecule has 1 amide bonds. The summed E-state index contributed by atoms with van der Waals surface area (Å²) in [6, 6.07) is 6.83. The Bertz CT molecular complexity index is 591. The second kappa shape index (κ2) is 3.51. The van der Waals surface area contributed by atoms with E-state index in [9.17, 15) is 4.79 Å². The minimum atomic E-state index is -0.649. The van der Waals surface area contributed by atoms with Crippen molar-refractivity contribution in [2.24, 2.45) is 5.73 Å². The highest BCUT2D eigenvalue weighted by Gasteiger charge is 2.16. The molecule has 1 aliphatic rings. The molecule has 0 aliphatic carbocycles. The number of hydrogen-bond donors (Lipinski definition) is 1. The van der Waals surface area contributed by atoms with E-state index in [2.05, 4.69) is 5.16 Å². The largest absolute Gasteiger partial charge is 0.454 e. The summed E-state index contributed by atoms with van der Waals surface area (Å²) in [7, 11) is 0. The maximum Gasteiger partial charge on any atom is 0.287 e. The first kappa shape index (κ1) is 9.71. The van der Waals surface area contributed by atoms with Gasteiger partial charge >= 0.3 is 0 Å². The van der Waals surface area contributed by atoms with Crippen LogP contribution in [0.2, 0.25) is 0 Å². The number of fused-ring (bicyclic) bond motifs is 1. The molecule has 0 saturated heterocycles. The second-order valence-corrected chi connectivity index (χ2v) is 3.51. The third kappa shape index (κ3) is 1.59. The lowest BCUT2D eigenvalue weighted by Crippen LogP contribution is -2.09. The van der Waals surface area contributed by atoms with Crippen LogP contribution in [0, 0.1) is 0 Å². The molecule has 3 rings (SSSR count). The summed E-state index contributed by atoms with van der Waals surface area (Å²) >= 11 is 0. The summed E-state index contributed by atoms with van der Waals surface area (Å²) in [6.07, 6.45) is 0. The fourth-order valence-corrected chi connectivity index (χ4v) is 1.58. The average Bonchev–Trinajstić information content (AvgIpc) is 2.97. The van der Waals surface area contributed by atoms with E-state index >= 15 is 0 Å².